The van der Waals surface area contributed by atoms with Gasteiger partial charge in [-0.25, -0.2) is 18.4 Å². The minimum absolute atomic E-state index is 0.109. The van der Waals surface area contributed by atoms with Crippen LogP contribution in [0.25, 0.3) is 0 Å². The Kier molecular flexibility index (Phi) is 3.55. The Morgan fingerprint density at radius 2 is 2.05 bits per heavy atom. The minimum atomic E-state index is -3.72. The first-order chi connectivity index (χ1) is 9.86. The van der Waals surface area contributed by atoms with Crippen LogP contribution < -0.4 is 4.90 Å². The quantitative estimate of drug-likeness (QED) is 0.619. The molecule has 3 rings (SSSR count). The maximum Gasteiger partial charge on any atom is 0.261 e. The predicted octanol–water partition coefficient (Wildman–Crippen LogP) is 3.14. The Labute approximate surface area is 132 Å². The minimum Gasteiger partial charge on any atom is -0.323 e. The number of anilines is 2. The molecule has 8 heteroatoms. The van der Waals surface area contributed by atoms with Crippen LogP contribution in [-0.4, -0.2) is 24.4 Å². The molecule has 0 fully saturated rings. The summed E-state index contributed by atoms with van der Waals surface area (Å²) >= 11 is 5.91. The average Bonchev–Trinajstić information content (AvgIpc) is 2.72. The van der Waals surface area contributed by atoms with Crippen LogP contribution in [0.15, 0.2) is 35.5 Å². The van der Waals surface area contributed by atoms with Crippen LogP contribution in [0.2, 0.25) is 5.15 Å². The van der Waals surface area contributed by atoms with E-state index in [2.05, 4.69) is 9.97 Å². The predicted molar refractivity (Wildman–Crippen MR) is 81.8 cm³/mol. The van der Waals surface area contributed by atoms with Crippen molar-refractivity contribution in [3.05, 3.63) is 41.3 Å². The first-order valence-electron chi connectivity index (χ1n) is 6.20. The molecule has 1 aromatic heterocycles. The highest BCUT2D eigenvalue weighted by Crippen LogP contribution is 2.39. The molecule has 5 nitrogen and oxygen atoms in total. The molecule has 21 heavy (non-hydrogen) atoms. The number of fused-ring (bicyclic) bond motifs is 1. The Hall–Kier alpha value is -1.37. The van der Waals surface area contributed by atoms with Crippen molar-refractivity contribution in [1.29, 1.82) is 0 Å². The maximum atomic E-state index is 11.4. The summed E-state index contributed by atoms with van der Waals surface area (Å²) in [4.78, 5) is 10.2. The van der Waals surface area contributed by atoms with Gasteiger partial charge in [0, 0.05) is 28.5 Å². The monoisotopic (exact) mass is 343 g/mol. The standard InChI is InChI=1S/C13H11Cl2N3O2S/c1-8-4-9-5-10(21(15,19)20)2-3-11(9)18(8)13-6-12(14)16-7-17-13/h2-3,5-8H,4H2,1H3/t8-/m0/s1. The molecule has 1 aliphatic rings. The summed E-state index contributed by atoms with van der Waals surface area (Å²) in [5.74, 6) is 0.683. The second kappa shape index (κ2) is 5.12. The number of aromatic nitrogens is 2. The fraction of sp³-hybridized carbons (Fsp3) is 0.231. The molecule has 1 atom stereocenters. The molecule has 0 unspecified atom stereocenters. The molecule has 0 N–H and O–H groups in total. The summed E-state index contributed by atoms with van der Waals surface area (Å²) in [6.07, 6.45) is 2.11. The Balaban J connectivity index is 2.09. The topological polar surface area (TPSA) is 63.2 Å². The van der Waals surface area contributed by atoms with E-state index in [0.717, 1.165) is 11.3 Å². The summed E-state index contributed by atoms with van der Waals surface area (Å²) in [5, 5.41) is 0.362. The Morgan fingerprint density at radius 3 is 2.71 bits per heavy atom. The molecule has 0 bridgehead atoms. The fourth-order valence-electron chi connectivity index (χ4n) is 2.56. The van der Waals surface area contributed by atoms with Gasteiger partial charge < -0.3 is 4.90 Å². The maximum absolute atomic E-state index is 11.4. The van der Waals surface area contributed by atoms with E-state index in [9.17, 15) is 8.42 Å². The third kappa shape index (κ3) is 2.71. The molecule has 0 saturated carbocycles. The molecule has 0 saturated heterocycles. The van der Waals surface area contributed by atoms with Crippen LogP contribution in [0.1, 0.15) is 12.5 Å². The number of rotatable bonds is 2. The molecule has 2 heterocycles. The normalized spacial score (nSPS) is 17.9. The van der Waals surface area contributed by atoms with Crippen molar-refractivity contribution < 1.29 is 8.42 Å². The van der Waals surface area contributed by atoms with Crippen LogP contribution in [0.3, 0.4) is 0 Å². The van der Waals surface area contributed by atoms with E-state index < -0.39 is 9.05 Å². The number of hydrogen-bond donors (Lipinski definition) is 0. The highest BCUT2D eigenvalue weighted by molar-refractivity contribution is 8.13. The largest absolute Gasteiger partial charge is 0.323 e. The van der Waals surface area contributed by atoms with Crippen LogP contribution in [0.5, 0.6) is 0 Å². The third-order valence-electron chi connectivity index (χ3n) is 3.41. The molecule has 110 valence electrons. The van der Waals surface area contributed by atoms with Crippen molar-refractivity contribution in [3.63, 3.8) is 0 Å². The van der Waals surface area contributed by atoms with Gasteiger partial charge in [0.15, 0.2) is 0 Å². The Bertz CT molecular complexity index is 811. The highest BCUT2D eigenvalue weighted by Gasteiger charge is 2.29. The molecule has 2 aromatic rings. The van der Waals surface area contributed by atoms with Gasteiger partial charge in [-0.3, -0.25) is 0 Å². The van der Waals surface area contributed by atoms with Gasteiger partial charge >= 0.3 is 0 Å². The van der Waals surface area contributed by atoms with Crippen LogP contribution in [0, 0.1) is 0 Å². The molecular formula is C13H11Cl2N3O2S. The smallest absolute Gasteiger partial charge is 0.261 e. The fourth-order valence-corrected chi connectivity index (χ4v) is 3.51. The second-order valence-corrected chi connectivity index (χ2v) is 7.80. The SMILES string of the molecule is C[C@H]1Cc2cc(S(=O)(=O)Cl)ccc2N1c1cc(Cl)ncn1. The van der Waals surface area contributed by atoms with E-state index in [0.29, 0.717) is 17.4 Å². The van der Waals surface area contributed by atoms with E-state index >= 15 is 0 Å². The first-order valence-corrected chi connectivity index (χ1v) is 8.89. The van der Waals surface area contributed by atoms with Crippen molar-refractivity contribution in [1.82, 2.24) is 9.97 Å². The molecular weight excluding hydrogens is 333 g/mol. The van der Waals surface area contributed by atoms with Gasteiger partial charge in [0.05, 0.1) is 4.90 Å². The van der Waals surface area contributed by atoms with Gasteiger partial charge in [-0.15, -0.1) is 0 Å². The van der Waals surface area contributed by atoms with Gasteiger partial charge in [0.1, 0.15) is 17.3 Å². The van der Waals surface area contributed by atoms with Gasteiger partial charge in [-0.2, -0.15) is 0 Å². The second-order valence-electron chi connectivity index (χ2n) is 4.85. The molecule has 0 amide bonds. The zero-order valence-electron chi connectivity index (χ0n) is 11.0. The van der Waals surface area contributed by atoms with Gasteiger partial charge in [0.25, 0.3) is 9.05 Å². The van der Waals surface area contributed by atoms with Gasteiger partial charge in [-0.1, -0.05) is 11.6 Å². The molecule has 1 aromatic carbocycles. The lowest BCUT2D eigenvalue weighted by Crippen LogP contribution is -2.24. The van der Waals surface area contributed by atoms with Crippen molar-refractivity contribution >= 4 is 42.8 Å². The van der Waals surface area contributed by atoms with Crippen LogP contribution in [-0.2, 0) is 15.5 Å². The van der Waals surface area contributed by atoms with Gasteiger partial charge in [-0.05, 0) is 37.1 Å². The summed E-state index contributed by atoms with van der Waals surface area (Å²) in [5.41, 5.74) is 1.82. The summed E-state index contributed by atoms with van der Waals surface area (Å²) in [7, 11) is 1.67. The molecule has 1 aliphatic heterocycles. The number of hydrogen-bond acceptors (Lipinski definition) is 5. The molecule has 0 spiro atoms. The number of benzene rings is 1. The zero-order chi connectivity index (χ0) is 15.2. The molecule has 0 aliphatic carbocycles. The van der Waals surface area contributed by atoms with Crippen molar-refractivity contribution in [2.45, 2.75) is 24.3 Å². The zero-order valence-corrected chi connectivity index (χ0v) is 13.3. The van der Waals surface area contributed by atoms with Crippen LogP contribution >= 0.6 is 22.3 Å². The summed E-state index contributed by atoms with van der Waals surface area (Å²) in [6.45, 7) is 2.03. The Morgan fingerprint density at radius 1 is 1.29 bits per heavy atom. The van der Waals surface area contributed by atoms with Crippen LogP contribution in [0.4, 0.5) is 11.5 Å². The molecule has 0 radical (unpaired) electrons. The number of halogens is 2. The summed E-state index contributed by atoms with van der Waals surface area (Å²) < 4.78 is 22.8. The summed E-state index contributed by atoms with van der Waals surface area (Å²) in [6, 6.07) is 6.66. The number of nitrogens with zero attached hydrogens (tertiary/aromatic N) is 3. The van der Waals surface area contributed by atoms with E-state index in [1.165, 1.54) is 12.4 Å². The van der Waals surface area contributed by atoms with Crippen molar-refractivity contribution in [2.24, 2.45) is 0 Å². The lowest BCUT2D eigenvalue weighted by Gasteiger charge is -2.23. The van der Waals surface area contributed by atoms with Crippen molar-refractivity contribution in [3.8, 4) is 0 Å². The van der Waals surface area contributed by atoms with Gasteiger partial charge in [0.2, 0.25) is 0 Å². The third-order valence-corrected chi connectivity index (χ3v) is 4.97. The van der Waals surface area contributed by atoms with E-state index in [-0.39, 0.29) is 10.9 Å². The van der Waals surface area contributed by atoms with E-state index in [1.54, 1.807) is 18.2 Å². The first kappa shape index (κ1) is 14.6. The van der Waals surface area contributed by atoms with Crippen molar-refractivity contribution in [2.75, 3.05) is 4.90 Å². The lowest BCUT2D eigenvalue weighted by molar-refractivity contribution is 0.609. The highest BCUT2D eigenvalue weighted by atomic mass is 35.7. The lowest BCUT2D eigenvalue weighted by atomic mass is 10.1. The van der Waals surface area contributed by atoms with E-state index in [4.69, 9.17) is 22.3 Å². The van der Waals surface area contributed by atoms with E-state index in [1.807, 2.05) is 11.8 Å². The average molecular weight is 344 g/mol.